The molecule has 0 radical (unpaired) electrons. The Morgan fingerprint density at radius 3 is 2.67 bits per heavy atom. The predicted octanol–water partition coefficient (Wildman–Crippen LogP) is 1.28. The molecule has 0 unspecified atom stereocenters. The Bertz CT molecular complexity index is 424. The highest BCUT2D eigenvalue weighted by Gasteiger charge is 2.24. The summed E-state index contributed by atoms with van der Waals surface area (Å²) in [6.07, 6.45) is 0.281. The maximum Gasteiger partial charge on any atom is 0.260 e. The van der Waals surface area contributed by atoms with Crippen LogP contribution < -0.4 is 4.74 Å². The molecule has 1 amide bonds. The molecule has 1 N–H and O–H groups in total. The molecule has 1 saturated heterocycles. The van der Waals surface area contributed by atoms with E-state index < -0.39 is 0 Å². The zero-order valence-electron chi connectivity index (χ0n) is 10.8. The Morgan fingerprint density at radius 2 is 2.11 bits per heavy atom. The third kappa shape index (κ3) is 2.82. The fraction of sp³-hybridized carbons (Fsp3) is 0.500. The van der Waals surface area contributed by atoms with E-state index in [0.717, 1.165) is 16.9 Å². The van der Waals surface area contributed by atoms with Gasteiger partial charge in [-0.25, -0.2) is 0 Å². The highest BCUT2D eigenvalue weighted by molar-refractivity contribution is 5.78. The first kappa shape index (κ1) is 12.9. The minimum Gasteiger partial charge on any atom is -0.483 e. The number of hydrogen-bond donors (Lipinski definition) is 1. The molecule has 1 aromatic carbocycles. The van der Waals surface area contributed by atoms with Crippen LogP contribution >= 0.6 is 0 Å². The van der Waals surface area contributed by atoms with Gasteiger partial charge in [0.25, 0.3) is 5.91 Å². The maximum absolute atomic E-state index is 11.9. The van der Waals surface area contributed by atoms with Gasteiger partial charge < -0.3 is 14.7 Å². The van der Waals surface area contributed by atoms with Crippen LogP contribution in [0.2, 0.25) is 0 Å². The van der Waals surface area contributed by atoms with Gasteiger partial charge in [-0.3, -0.25) is 4.79 Å². The van der Waals surface area contributed by atoms with E-state index in [4.69, 9.17) is 4.74 Å². The van der Waals surface area contributed by atoms with Crippen molar-refractivity contribution >= 4 is 5.91 Å². The highest BCUT2D eigenvalue weighted by Crippen LogP contribution is 2.22. The van der Waals surface area contributed by atoms with Crippen LogP contribution in [-0.4, -0.2) is 41.7 Å². The van der Waals surface area contributed by atoms with Crippen molar-refractivity contribution in [2.24, 2.45) is 0 Å². The fourth-order valence-corrected chi connectivity index (χ4v) is 2.22. The number of β-amino-alcohol motifs (C(OH)–C–C–N with tert-alkyl or cyclic N) is 1. The average molecular weight is 249 g/mol. The molecular formula is C14H19NO3. The zero-order valence-corrected chi connectivity index (χ0v) is 10.8. The molecule has 1 aliphatic rings. The number of carbonyl (C=O) groups excluding carboxylic acids is 1. The Balaban J connectivity index is 1.93. The van der Waals surface area contributed by atoms with Gasteiger partial charge in [0, 0.05) is 13.1 Å². The van der Waals surface area contributed by atoms with Gasteiger partial charge >= 0.3 is 0 Å². The van der Waals surface area contributed by atoms with E-state index >= 15 is 0 Å². The third-order valence-electron chi connectivity index (χ3n) is 3.26. The second-order valence-electron chi connectivity index (χ2n) is 4.79. The van der Waals surface area contributed by atoms with Crippen molar-refractivity contribution in [2.75, 3.05) is 19.7 Å². The third-order valence-corrected chi connectivity index (χ3v) is 3.26. The second kappa shape index (κ2) is 5.40. The molecule has 18 heavy (non-hydrogen) atoms. The zero-order chi connectivity index (χ0) is 13.1. The van der Waals surface area contributed by atoms with Crippen molar-refractivity contribution < 1.29 is 14.6 Å². The van der Waals surface area contributed by atoms with Crippen molar-refractivity contribution in [1.29, 1.82) is 0 Å². The number of ether oxygens (including phenoxy) is 1. The quantitative estimate of drug-likeness (QED) is 0.877. The molecule has 2 rings (SSSR count). The molecule has 4 heteroatoms. The van der Waals surface area contributed by atoms with Crippen LogP contribution in [0.1, 0.15) is 17.5 Å². The number of likely N-dealkylation sites (tertiary alicyclic amines) is 1. The molecule has 1 fully saturated rings. The van der Waals surface area contributed by atoms with E-state index in [1.54, 1.807) is 4.90 Å². The van der Waals surface area contributed by atoms with Gasteiger partial charge in [-0.1, -0.05) is 18.2 Å². The summed E-state index contributed by atoms with van der Waals surface area (Å²) in [5, 5.41) is 9.39. The minimum absolute atomic E-state index is 0.0401. The number of hydrogen-bond acceptors (Lipinski definition) is 3. The second-order valence-corrected chi connectivity index (χ2v) is 4.79. The number of nitrogens with zero attached hydrogens (tertiary/aromatic N) is 1. The van der Waals surface area contributed by atoms with E-state index in [2.05, 4.69) is 0 Å². The molecule has 98 valence electrons. The first-order chi connectivity index (χ1) is 8.58. The van der Waals surface area contributed by atoms with Crippen LogP contribution in [-0.2, 0) is 4.79 Å². The number of para-hydroxylation sites is 1. The lowest BCUT2D eigenvalue weighted by atomic mass is 10.1. The lowest BCUT2D eigenvalue weighted by Crippen LogP contribution is -2.33. The van der Waals surface area contributed by atoms with Gasteiger partial charge in [0.2, 0.25) is 0 Å². The van der Waals surface area contributed by atoms with Gasteiger partial charge in [0.15, 0.2) is 6.61 Å². The molecule has 0 saturated carbocycles. The number of benzene rings is 1. The van der Waals surface area contributed by atoms with Gasteiger partial charge in [-0.05, 0) is 31.4 Å². The molecule has 1 aromatic rings. The van der Waals surface area contributed by atoms with Crippen LogP contribution in [0.15, 0.2) is 18.2 Å². The van der Waals surface area contributed by atoms with Crippen LogP contribution in [0.5, 0.6) is 5.75 Å². The van der Waals surface area contributed by atoms with Crippen molar-refractivity contribution in [2.45, 2.75) is 26.4 Å². The van der Waals surface area contributed by atoms with Crippen LogP contribution in [0.3, 0.4) is 0 Å². The molecule has 0 bridgehead atoms. The fourth-order valence-electron chi connectivity index (χ4n) is 2.22. The lowest BCUT2D eigenvalue weighted by Gasteiger charge is -2.17. The predicted molar refractivity (Wildman–Crippen MR) is 68.6 cm³/mol. The lowest BCUT2D eigenvalue weighted by molar-refractivity contribution is -0.132. The summed E-state index contributed by atoms with van der Waals surface area (Å²) in [5.74, 6) is 0.722. The number of rotatable bonds is 3. The molecule has 1 aliphatic heterocycles. The standard InChI is InChI=1S/C14H19NO3/c1-10-4-3-5-11(2)14(10)18-9-13(17)15-7-6-12(16)8-15/h3-5,12,16H,6-9H2,1-2H3/t12-/m1/s1. The average Bonchev–Trinajstić information content (AvgIpc) is 2.75. The van der Waals surface area contributed by atoms with E-state index in [0.29, 0.717) is 19.5 Å². The highest BCUT2D eigenvalue weighted by atomic mass is 16.5. The van der Waals surface area contributed by atoms with Crippen LogP contribution in [0, 0.1) is 13.8 Å². The number of carbonyl (C=O) groups is 1. The Hall–Kier alpha value is -1.55. The van der Waals surface area contributed by atoms with Crippen LogP contribution in [0.25, 0.3) is 0 Å². The maximum atomic E-state index is 11.9. The number of aryl methyl sites for hydroxylation is 2. The van der Waals surface area contributed by atoms with Crippen molar-refractivity contribution in [3.63, 3.8) is 0 Å². The summed E-state index contributed by atoms with van der Waals surface area (Å²) in [7, 11) is 0. The molecule has 1 atom stereocenters. The summed E-state index contributed by atoms with van der Waals surface area (Å²) in [6, 6.07) is 5.90. The summed E-state index contributed by atoms with van der Waals surface area (Å²) in [6.45, 7) is 5.02. The summed E-state index contributed by atoms with van der Waals surface area (Å²) in [4.78, 5) is 13.5. The molecule has 0 aliphatic carbocycles. The van der Waals surface area contributed by atoms with Crippen molar-refractivity contribution in [3.8, 4) is 5.75 Å². The normalized spacial score (nSPS) is 19.1. The first-order valence-electron chi connectivity index (χ1n) is 6.23. The number of aliphatic hydroxyl groups excluding tert-OH is 1. The molecular weight excluding hydrogens is 230 g/mol. The summed E-state index contributed by atoms with van der Waals surface area (Å²) < 4.78 is 5.60. The van der Waals surface area contributed by atoms with Crippen molar-refractivity contribution in [3.05, 3.63) is 29.3 Å². The minimum atomic E-state index is -0.380. The van der Waals surface area contributed by atoms with Crippen LogP contribution in [0.4, 0.5) is 0 Å². The van der Waals surface area contributed by atoms with E-state index in [9.17, 15) is 9.90 Å². The van der Waals surface area contributed by atoms with Gasteiger partial charge in [-0.15, -0.1) is 0 Å². The SMILES string of the molecule is Cc1cccc(C)c1OCC(=O)N1CC[C@@H](O)C1. The summed E-state index contributed by atoms with van der Waals surface area (Å²) in [5.41, 5.74) is 2.06. The Kier molecular flexibility index (Phi) is 3.87. The number of amides is 1. The topological polar surface area (TPSA) is 49.8 Å². The van der Waals surface area contributed by atoms with E-state index in [1.807, 2.05) is 32.0 Å². The summed E-state index contributed by atoms with van der Waals surface area (Å²) >= 11 is 0. The van der Waals surface area contributed by atoms with E-state index in [1.165, 1.54) is 0 Å². The molecule has 1 heterocycles. The van der Waals surface area contributed by atoms with E-state index in [-0.39, 0.29) is 18.6 Å². The molecule has 0 spiro atoms. The largest absolute Gasteiger partial charge is 0.483 e. The Labute approximate surface area is 107 Å². The van der Waals surface area contributed by atoms with Gasteiger partial charge in [0.05, 0.1) is 6.10 Å². The van der Waals surface area contributed by atoms with Gasteiger partial charge in [0.1, 0.15) is 5.75 Å². The Morgan fingerprint density at radius 1 is 1.44 bits per heavy atom. The molecule has 0 aromatic heterocycles. The first-order valence-corrected chi connectivity index (χ1v) is 6.23. The monoisotopic (exact) mass is 249 g/mol. The van der Waals surface area contributed by atoms with Gasteiger partial charge in [-0.2, -0.15) is 0 Å². The smallest absolute Gasteiger partial charge is 0.260 e. The van der Waals surface area contributed by atoms with Crippen molar-refractivity contribution in [1.82, 2.24) is 4.90 Å². The molecule has 4 nitrogen and oxygen atoms in total. The number of aliphatic hydroxyl groups is 1.